The molecule has 0 heterocycles. The summed E-state index contributed by atoms with van der Waals surface area (Å²) >= 11 is 0. The van der Waals surface area contributed by atoms with Gasteiger partial charge in [0.25, 0.3) is 0 Å². The van der Waals surface area contributed by atoms with E-state index in [9.17, 15) is 0 Å². The van der Waals surface area contributed by atoms with Gasteiger partial charge in [0.1, 0.15) is 0 Å². The predicted octanol–water partition coefficient (Wildman–Crippen LogP) is 6.02. The van der Waals surface area contributed by atoms with Crippen molar-refractivity contribution < 1.29 is 17.1 Å². The Morgan fingerprint density at radius 3 is 1.61 bits per heavy atom. The van der Waals surface area contributed by atoms with E-state index in [4.69, 9.17) is 0 Å². The molecule has 1 atom stereocenters. The van der Waals surface area contributed by atoms with Crippen LogP contribution in [-0.4, -0.2) is 5.54 Å². The summed E-state index contributed by atoms with van der Waals surface area (Å²) < 4.78 is 0. The molecule has 4 rings (SSSR count). The SMILES string of the molecule is CC(NC(C)(C)C)[c-]1cccc1P(c1ccccc1)c1ccccc1.[Fe].[cH-]1[cH-][cH-][cH-][cH-]1. The maximum Gasteiger partial charge on any atom is 0.00918 e. The topological polar surface area (TPSA) is 12.0 Å². The Morgan fingerprint density at radius 1 is 0.742 bits per heavy atom. The van der Waals surface area contributed by atoms with Crippen molar-refractivity contribution in [2.24, 2.45) is 0 Å². The summed E-state index contributed by atoms with van der Waals surface area (Å²) in [6, 6.07) is 38.9. The van der Waals surface area contributed by atoms with Gasteiger partial charge in [-0.05, 0) is 45.3 Å². The molecular formula is C28H32FeNP-6. The van der Waals surface area contributed by atoms with Gasteiger partial charge in [-0.15, -0.1) is 10.9 Å². The summed E-state index contributed by atoms with van der Waals surface area (Å²) in [7, 11) is -0.544. The molecule has 0 saturated heterocycles. The van der Waals surface area contributed by atoms with Gasteiger partial charge in [0, 0.05) is 22.6 Å². The first-order chi connectivity index (χ1) is 14.5. The second-order valence-corrected chi connectivity index (χ2v) is 10.6. The molecule has 1 nitrogen and oxygen atoms in total. The molecule has 0 aliphatic rings. The van der Waals surface area contributed by atoms with Crippen LogP contribution in [-0.2, 0) is 17.1 Å². The van der Waals surface area contributed by atoms with Crippen LogP contribution in [0.4, 0.5) is 0 Å². The summed E-state index contributed by atoms with van der Waals surface area (Å²) in [5.41, 5.74) is 1.50. The first-order valence-corrected chi connectivity index (χ1v) is 11.9. The van der Waals surface area contributed by atoms with Crippen LogP contribution in [0, 0.1) is 0 Å². The Labute approximate surface area is 199 Å². The summed E-state index contributed by atoms with van der Waals surface area (Å²) in [5.74, 6) is 0. The van der Waals surface area contributed by atoms with Gasteiger partial charge in [-0.25, -0.2) is 12.1 Å². The molecule has 0 spiro atoms. The fourth-order valence-corrected chi connectivity index (χ4v) is 6.18. The number of hydrogen-bond donors (Lipinski definition) is 1. The molecule has 0 aromatic heterocycles. The van der Waals surface area contributed by atoms with Crippen molar-refractivity contribution in [2.45, 2.75) is 39.3 Å². The molecule has 0 amide bonds. The van der Waals surface area contributed by atoms with Gasteiger partial charge in [-0.3, -0.25) is 0 Å². The molecule has 4 aromatic rings. The minimum Gasteiger partial charge on any atom is -0.748 e. The second-order valence-electron chi connectivity index (χ2n) is 8.45. The van der Waals surface area contributed by atoms with Crippen molar-refractivity contribution in [3.05, 3.63) is 115 Å². The first kappa shape index (κ1) is 25.3. The molecule has 0 bridgehead atoms. The molecule has 4 aromatic carbocycles. The number of benzene rings is 2. The fraction of sp³-hybridized carbons (Fsp3) is 0.214. The summed E-state index contributed by atoms with van der Waals surface area (Å²) in [6.45, 7) is 8.95. The van der Waals surface area contributed by atoms with Crippen molar-refractivity contribution in [1.82, 2.24) is 5.32 Å². The van der Waals surface area contributed by atoms with Crippen molar-refractivity contribution in [3.8, 4) is 0 Å². The Bertz CT molecular complexity index is 912. The zero-order chi connectivity index (χ0) is 21.4. The average molecular weight is 469 g/mol. The molecule has 168 valence electrons. The van der Waals surface area contributed by atoms with Crippen molar-refractivity contribution in [3.63, 3.8) is 0 Å². The normalized spacial score (nSPS) is 11.9. The van der Waals surface area contributed by atoms with Gasteiger partial charge in [-0.1, -0.05) is 67.6 Å². The molecule has 1 unspecified atom stereocenters. The minimum atomic E-state index is -0.544. The van der Waals surface area contributed by atoms with Crippen LogP contribution in [0.1, 0.15) is 39.3 Å². The first-order valence-electron chi connectivity index (χ1n) is 10.6. The number of rotatable bonds is 5. The third-order valence-corrected chi connectivity index (χ3v) is 7.29. The predicted molar refractivity (Wildman–Crippen MR) is 134 cm³/mol. The van der Waals surface area contributed by atoms with E-state index in [-0.39, 0.29) is 22.6 Å². The standard InChI is InChI=1S/C23H27NP.C5H5.Fe/c1-18(24-23(2,3)4)21-16-11-17-22(21)25(19-12-7-5-8-13-19)20-14-9-6-10-15-20;1-2-4-5-3-1;/h5-18,24H,1-4H3;1-5H;/q-1;-5;. The monoisotopic (exact) mass is 469 g/mol. The Morgan fingerprint density at radius 2 is 1.19 bits per heavy atom. The smallest absolute Gasteiger partial charge is 0.00918 e. The van der Waals surface area contributed by atoms with Crippen LogP contribution in [0.15, 0.2) is 109 Å². The number of nitrogens with one attached hydrogen (secondary N) is 1. The maximum absolute atomic E-state index is 3.73. The average Bonchev–Trinajstić information content (AvgIpc) is 3.44. The molecule has 31 heavy (non-hydrogen) atoms. The van der Waals surface area contributed by atoms with Crippen LogP contribution in [0.25, 0.3) is 0 Å². The van der Waals surface area contributed by atoms with Crippen molar-refractivity contribution >= 4 is 23.8 Å². The van der Waals surface area contributed by atoms with Crippen LogP contribution < -0.4 is 21.2 Å². The quantitative estimate of drug-likeness (QED) is 0.214. The van der Waals surface area contributed by atoms with Gasteiger partial charge in [-0.2, -0.15) is 6.07 Å². The van der Waals surface area contributed by atoms with E-state index in [1.165, 1.54) is 21.5 Å². The van der Waals surface area contributed by atoms with E-state index in [1.807, 2.05) is 30.3 Å². The van der Waals surface area contributed by atoms with Gasteiger partial charge in [0.2, 0.25) is 0 Å². The molecule has 0 aliphatic heterocycles. The van der Waals surface area contributed by atoms with Gasteiger partial charge in [0.05, 0.1) is 0 Å². The van der Waals surface area contributed by atoms with Gasteiger partial charge < -0.3 is 35.6 Å². The molecule has 0 aliphatic carbocycles. The second kappa shape index (κ2) is 12.2. The third kappa shape index (κ3) is 7.60. The van der Waals surface area contributed by atoms with Crippen LogP contribution in [0.3, 0.4) is 0 Å². The van der Waals surface area contributed by atoms with Gasteiger partial charge >= 0.3 is 0 Å². The van der Waals surface area contributed by atoms with E-state index in [2.05, 4.69) is 112 Å². The van der Waals surface area contributed by atoms with E-state index in [0.717, 1.165) is 0 Å². The molecular weight excluding hydrogens is 437 g/mol. The van der Waals surface area contributed by atoms with Crippen LogP contribution in [0.5, 0.6) is 0 Å². The van der Waals surface area contributed by atoms with E-state index in [0.29, 0.717) is 6.04 Å². The van der Waals surface area contributed by atoms with E-state index < -0.39 is 7.92 Å². The minimum absolute atomic E-state index is 0. The fourth-order valence-electron chi connectivity index (χ4n) is 3.62. The zero-order valence-electron chi connectivity index (χ0n) is 18.8. The summed E-state index contributed by atoms with van der Waals surface area (Å²) in [5, 5.41) is 7.99. The van der Waals surface area contributed by atoms with Gasteiger partial charge in [0.15, 0.2) is 0 Å². The summed E-state index contributed by atoms with van der Waals surface area (Å²) in [6.07, 6.45) is 0. The summed E-state index contributed by atoms with van der Waals surface area (Å²) in [4.78, 5) is 0. The van der Waals surface area contributed by atoms with Crippen molar-refractivity contribution in [1.29, 1.82) is 0 Å². The Balaban J connectivity index is 0.000000501. The molecule has 1 N–H and O–H groups in total. The zero-order valence-corrected chi connectivity index (χ0v) is 20.8. The molecule has 0 saturated carbocycles. The van der Waals surface area contributed by atoms with Crippen LogP contribution >= 0.6 is 7.92 Å². The molecule has 0 radical (unpaired) electrons. The van der Waals surface area contributed by atoms with Crippen molar-refractivity contribution in [2.75, 3.05) is 0 Å². The van der Waals surface area contributed by atoms with E-state index in [1.54, 1.807) is 0 Å². The van der Waals surface area contributed by atoms with Crippen LogP contribution in [0.2, 0.25) is 0 Å². The molecule has 0 fully saturated rings. The maximum atomic E-state index is 3.73. The largest absolute Gasteiger partial charge is 0.748 e. The van der Waals surface area contributed by atoms with E-state index >= 15 is 0 Å². The Hall–Kier alpha value is -1.95. The molecule has 3 heteroatoms. The number of hydrogen-bond acceptors (Lipinski definition) is 1. The Kier molecular flexibility index (Phi) is 9.94. The third-order valence-electron chi connectivity index (χ3n) is 4.77.